The molecular formula is C17H26FN3O3. The maximum Gasteiger partial charge on any atom is 0.326 e. The minimum Gasteiger partial charge on any atom is -0.480 e. The summed E-state index contributed by atoms with van der Waals surface area (Å²) < 4.78 is 12.8. The lowest BCUT2D eigenvalue weighted by molar-refractivity contribution is -0.142. The Labute approximate surface area is 141 Å². The molecule has 1 rings (SSSR count). The van der Waals surface area contributed by atoms with Crippen molar-refractivity contribution in [2.75, 3.05) is 6.54 Å². The van der Waals surface area contributed by atoms with Gasteiger partial charge in [-0.15, -0.1) is 0 Å². The van der Waals surface area contributed by atoms with Gasteiger partial charge >= 0.3 is 5.97 Å². The molecule has 0 bridgehead atoms. The Kier molecular flexibility index (Phi) is 8.96. The third-order valence-corrected chi connectivity index (χ3v) is 3.79. The van der Waals surface area contributed by atoms with Gasteiger partial charge in [0.25, 0.3) is 0 Å². The number of halogens is 1. The molecule has 0 aliphatic rings. The van der Waals surface area contributed by atoms with E-state index in [1.54, 1.807) is 12.1 Å². The maximum absolute atomic E-state index is 12.8. The maximum atomic E-state index is 12.8. The van der Waals surface area contributed by atoms with E-state index >= 15 is 0 Å². The second kappa shape index (κ2) is 10.7. The van der Waals surface area contributed by atoms with E-state index in [4.69, 9.17) is 11.5 Å². The van der Waals surface area contributed by atoms with Gasteiger partial charge in [-0.3, -0.25) is 4.79 Å². The molecule has 0 aliphatic heterocycles. The zero-order chi connectivity index (χ0) is 17.9. The lowest BCUT2D eigenvalue weighted by Crippen LogP contribution is -2.48. The topological polar surface area (TPSA) is 118 Å². The number of nitrogens with one attached hydrogen (secondary N) is 1. The summed E-state index contributed by atoms with van der Waals surface area (Å²) in [6, 6.07) is 4.36. The van der Waals surface area contributed by atoms with E-state index in [0.29, 0.717) is 25.8 Å². The molecule has 2 atom stereocenters. The Bertz CT molecular complexity index is 522. The first-order valence-corrected chi connectivity index (χ1v) is 8.17. The molecule has 1 unspecified atom stereocenters. The molecule has 0 aromatic heterocycles. The standard InChI is InChI=1S/C17H26FN3O3/c18-13-9-7-12(8-10-13)4-3-6-15(17(23)24)21-16(22)14(20)5-1-2-11-19/h7-10,14-15H,1-6,11,19-20H2,(H,21,22)(H,23,24)/t14-,15?/m0/s1. The zero-order valence-corrected chi connectivity index (χ0v) is 13.7. The molecule has 0 radical (unpaired) electrons. The second-order valence-corrected chi connectivity index (χ2v) is 5.81. The molecule has 0 heterocycles. The lowest BCUT2D eigenvalue weighted by Gasteiger charge is -2.18. The molecular weight excluding hydrogens is 313 g/mol. The number of carbonyl (C=O) groups is 2. The summed E-state index contributed by atoms with van der Waals surface area (Å²) in [6.07, 6.45) is 3.45. The Balaban J connectivity index is 2.41. The summed E-state index contributed by atoms with van der Waals surface area (Å²) in [6.45, 7) is 0.537. The van der Waals surface area contributed by atoms with Crippen LogP contribution in [-0.4, -0.2) is 35.6 Å². The van der Waals surface area contributed by atoms with Crippen LogP contribution in [0.2, 0.25) is 0 Å². The Morgan fingerprint density at radius 3 is 2.38 bits per heavy atom. The number of carboxylic acids is 1. The van der Waals surface area contributed by atoms with E-state index < -0.39 is 24.0 Å². The van der Waals surface area contributed by atoms with Gasteiger partial charge in [0.2, 0.25) is 5.91 Å². The number of benzene rings is 1. The van der Waals surface area contributed by atoms with Crippen LogP contribution in [-0.2, 0) is 16.0 Å². The summed E-state index contributed by atoms with van der Waals surface area (Å²) in [4.78, 5) is 23.2. The molecule has 1 aromatic rings. The Morgan fingerprint density at radius 1 is 1.12 bits per heavy atom. The number of hydrogen-bond acceptors (Lipinski definition) is 4. The predicted octanol–water partition coefficient (Wildman–Crippen LogP) is 1.17. The van der Waals surface area contributed by atoms with E-state index in [0.717, 1.165) is 18.4 Å². The van der Waals surface area contributed by atoms with Crippen molar-refractivity contribution in [2.24, 2.45) is 11.5 Å². The van der Waals surface area contributed by atoms with Gasteiger partial charge in [0.15, 0.2) is 0 Å². The molecule has 6 nitrogen and oxygen atoms in total. The first-order chi connectivity index (χ1) is 11.4. The Morgan fingerprint density at radius 2 is 1.79 bits per heavy atom. The van der Waals surface area contributed by atoms with Crippen LogP contribution < -0.4 is 16.8 Å². The third kappa shape index (κ3) is 7.52. The molecule has 0 spiro atoms. The van der Waals surface area contributed by atoms with Gasteiger partial charge in [-0.1, -0.05) is 18.6 Å². The highest BCUT2D eigenvalue weighted by Gasteiger charge is 2.22. The van der Waals surface area contributed by atoms with Gasteiger partial charge in [0.05, 0.1) is 6.04 Å². The van der Waals surface area contributed by atoms with E-state index in [2.05, 4.69) is 5.32 Å². The van der Waals surface area contributed by atoms with Crippen molar-refractivity contribution in [3.8, 4) is 0 Å². The second-order valence-electron chi connectivity index (χ2n) is 5.81. The van der Waals surface area contributed by atoms with Crippen molar-refractivity contribution in [1.29, 1.82) is 0 Å². The minimum atomic E-state index is -1.09. The van der Waals surface area contributed by atoms with Gasteiger partial charge in [0, 0.05) is 0 Å². The predicted molar refractivity (Wildman–Crippen MR) is 89.8 cm³/mol. The van der Waals surface area contributed by atoms with Gasteiger partial charge in [-0.2, -0.15) is 0 Å². The SMILES string of the molecule is NCCCC[C@H](N)C(=O)NC(CCCc1ccc(F)cc1)C(=O)O. The van der Waals surface area contributed by atoms with Crippen molar-refractivity contribution in [3.05, 3.63) is 35.6 Å². The zero-order valence-electron chi connectivity index (χ0n) is 13.7. The van der Waals surface area contributed by atoms with E-state index in [1.807, 2.05) is 0 Å². The summed E-state index contributed by atoms with van der Waals surface area (Å²) in [5, 5.41) is 11.7. The number of carboxylic acid groups (broad SMARTS) is 1. The smallest absolute Gasteiger partial charge is 0.326 e. The number of amides is 1. The average molecular weight is 339 g/mol. The summed E-state index contributed by atoms with van der Waals surface area (Å²) in [7, 11) is 0. The van der Waals surface area contributed by atoms with E-state index in [-0.39, 0.29) is 12.2 Å². The van der Waals surface area contributed by atoms with Crippen LogP contribution >= 0.6 is 0 Å². The summed E-state index contributed by atoms with van der Waals surface area (Å²) in [5.41, 5.74) is 12.1. The van der Waals surface area contributed by atoms with Gasteiger partial charge < -0.3 is 21.9 Å². The van der Waals surface area contributed by atoms with Crippen LogP contribution in [0.3, 0.4) is 0 Å². The number of carbonyl (C=O) groups excluding carboxylic acids is 1. The van der Waals surface area contributed by atoms with Crippen LogP contribution in [0.25, 0.3) is 0 Å². The monoisotopic (exact) mass is 339 g/mol. The van der Waals surface area contributed by atoms with E-state index in [9.17, 15) is 19.1 Å². The van der Waals surface area contributed by atoms with E-state index in [1.165, 1.54) is 12.1 Å². The number of nitrogens with two attached hydrogens (primary N) is 2. The Hall–Kier alpha value is -1.99. The molecule has 6 N–H and O–H groups in total. The molecule has 0 saturated carbocycles. The highest BCUT2D eigenvalue weighted by atomic mass is 19.1. The molecule has 24 heavy (non-hydrogen) atoms. The highest BCUT2D eigenvalue weighted by molar-refractivity contribution is 5.86. The van der Waals surface area contributed by atoms with Gasteiger partial charge in [-0.05, 0) is 56.3 Å². The largest absolute Gasteiger partial charge is 0.480 e. The molecule has 7 heteroatoms. The van der Waals surface area contributed by atoms with Gasteiger partial charge in [0.1, 0.15) is 11.9 Å². The fourth-order valence-corrected chi connectivity index (χ4v) is 2.34. The van der Waals surface area contributed by atoms with Crippen LogP contribution in [0.5, 0.6) is 0 Å². The highest BCUT2D eigenvalue weighted by Crippen LogP contribution is 2.09. The van der Waals surface area contributed by atoms with Crippen LogP contribution in [0, 0.1) is 5.82 Å². The molecule has 0 saturated heterocycles. The van der Waals surface area contributed by atoms with Crippen molar-refractivity contribution in [2.45, 2.75) is 50.6 Å². The number of rotatable bonds is 11. The summed E-state index contributed by atoms with van der Waals surface area (Å²) >= 11 is 0. The van der Waals surface area contributed by atoms with Crippen molar-refractivity contribution >= 4 is 11.9 Å². The molecule has 134 valence electrons. The summed E-state index contributed by atoms with van der Waals surface area (Å²) in [5.74, 6) is -1.85. The fourth-order valence-electron chi connectivity index (χ4n) is 2.34. The molecule has 1 amide bonds. The van der Waals surface area contributed by atoms with Crippen molar-refractivity contribution < 1.29 is 19.1 Å². The molecule has 0 aliphatic carbocycles. The third-order valence-electron chi connectivity index (χ3n) is 3.79. The number of aryl methyl sites for hydroxylation is 1. The lowest BCUT2D eigenvalue weighted by atomic mass is 10.0. The van der Waals surface area contributed by atoms with Crippen molar-refractivity contribution in [3.63, 3.8) is 0 Å². The normalized spacial score (nSPS) is 13.3. The minimum absolute atomic E-state index is 0.286. The number of unbranched alkanes of at least 4 members (excludes halogenated alkanes) is 1. The van der Waals surface area contributed by atoms with Crippen molar-refractivity contribution in [1.82, 2.24) is 5.32 Å². The van der Waals surface area contributed by atoms with Crippen LogP contribution in [0.15, 0.2) is 24.3 Å². The first kappa shape index (κ1) is 20.1. The average Bonchev–Trinajstić information content (AvgIpc) is 2.55. The first-order valence-electron chi connectivity index (χ1n) is 8.17. The van der Waals surface area contributed by atoms with Crippen LogP contribution in [0.4, 0.5) is 4.39 Å². The van der Waals surface area contributed by atoms with Crippen LogP contribution in [0.1, 0.15) is 37.7 Å². The number of aliphatic carboxylic acids is 1. The molecule has 0 fully saturated rings. The molecule has 1 aromatic carbocycles. The number of hydrogen-bond donors (Lipinski definition) is 4. The van der Waals surface area contributed by atoms with Gasteiger partial charge in [-0.25, -0.2) is 9.18 Å². The fraction of sp³-hybridized carbons (Fsp3) is 0.529. The quantitative estimate of drug-likeness (QED) is 0.451.